The Bertz CT molecular complexity index is 1020. The topological polar surface area (TPSA) is 66.9 Å². The van der Waals surface area contributed by atoms with Crippen molar-refractivity contribution in [3.63, 3.8) is 0 Å². The van der Waals surface area contributed by atoms with Crippen molar-refractivity contribution in [1.29, 1.82) is 0 Å². The van der Waals surface area contributed by atoms with E-state index in [4.69, 9.17) is 4.74 Å². The summed E-state index contributed by atoms with van der Waals surface area (Å²) in [6.45, 7) is 1.60. The summed E-state index contributed by atoms with van der Waals surface area (Å²) in [5.41, 5.74) is 1.23. The maximum absolute atomic E-state index is 13.4. The number of methoxy groups -OCH3 is 1. The van der Waals surface area contributed by atoms with E-state index in [9.17, 15) is 13.2 Å². The van der Waals surface area contributed by atoms with Crippen LogP contribution in [0, 0.1) is 0 Å². The van der Waals surface area contributed by atoms with Gasteiger partial charge in [0, 0.05) is 30.1 Å². The summed E-state index contributed by atoms with van der Waals surface area (Å²) in [5, 5.41) is 0. The zero-order chi connectivity index (χ0) is 20.4. The van der Waals surface area contributed by atoms with Gasteiger partial charge < -0.3 is 9.64 Å². The van der Waals surface area contributed by atoms with Crippen molar-refractivity contribution in [2.75, 3.05) is 37.4 Å². The average Bonchev–Trinajstić information content (AvgIpc) is 3.21. The highest BCUT2D eigenvalue weighted by atomic mass is 32.2. The lowest BCUT2D eigenvalue weighted by Gasteiger charge is -2.23. The summed E-state index contributed by atoms with van der Waals surface area (Å²) >= 11 is 1.74. The standard InChI is InChI=1S/C21H24N2O4S2/c1-27-18-10-9-16(15-20(18)29(25,26)22-11-4-5-12-22)21(24)23-13-6-14-28-19-8-3-2-7-17(19)23/h2-3,7-10,15H,4-6,11-14H2,1H3. The van der Waals surface area contributed by atoms with Gasteiger partial charge in [-0.1, -0.05) is 12.1 Å². The van der Waals surface area contributed by atoms with Crippen LogP contribution in [0.15, 0.2) is 52.3 Å². The molecule has 2 aliphatic heterocycles. The fourth-order valence-corrected chi connectivity index (χ4v) is 6.47. The molecule has 6 nitrogen and oxygen atoms in total. The molecule has 8 heteroatoms. The molecule has 0 bridgehead atoms. The van der Waals surface area contributed by atoms with Crippen molar-refractivity contribution in [3.05, 3.63) is 48.0 Å². The van der Waals surface area contributed by atoms with Crippen molar-refractivity contribution >= 4 is 33.4 Å². The van der Waals surface area contributed by atoms with Crippen LogP contribution in [-0.2, 0) is 10.0 Å². The summed E-state index contributed by atoms with van der Waals surface area (Å²) < 4.78 is 33.1. The summed E-state index contributed by atoms with van der Waals surface area (Å²) in [7, 11) is -2.26. The molecule has 0 atom stereocenters. The second kappa shape index (κ2) is 8.38. The van der Waals surface area contributed by atoms with Gasteiger partial charge in [0.1, 0.15) is 10.6 Å². The van der Waals surface area contributed by atoms with Gasteiger partial charge >= 0.3 is 0 Å². The summed E-state index contributed by atoms with van der Waals surface area (Å²) in [6, 6.07) is 12.5. The van der Waals surface area contributed by atoms with Crippen LogP contribution in [0.5, 0.6) is 5.75 Å². The van der Waals surface area contributed by atoms with E-state index in [1.165, 1.54) is 17.5 Å². The minimum atomic E-state index is -3.70. The Morgan fingerprint density at radius 2 is 1.79 bits per heavy atom. The Labute approximate surface area is 175 Å². The molecule has 2 aromatic carbocycles. The Balaban J connectivity index is 1.73. The molecular formula is C21H24N2O4S2. The highest BCUT2D eigenvalue weighted by Gasteiger charge is 2.31. The molecule has 154 valence electrons. The SMILES string of the molecule is COc1ccc(C(=O)N2CCCSc3ccccc32)cc1S(=O)(=O)N1CCCC1. The fourth-order valence-electron chi connectivity index (χ4n) is 3.77. The zero-order valence-corrected chi connectivity index (χ0v) is 18.0. The molecule has 0 N–H and O–H groups in total. The molecule has 1 amide bonds. The molecule has 2 heterocycles. The van der Waals surface area contributed by atoms with Gasteiger partial charge in [-0.3, -0.25) is 4.79 Å². The van der Waals surface area contributed by atoms with E-state index in [-0.39, 0.29) is 16.6 Å². The van der Waals surface area contributed by atoms with E-state index >= 15 is 0 Å². The van der Waals surface area contributed by atoms with Crippen molar-refractivity contribution in [2.45, 2.75) is 29.1 Å². The van der Waals surface area contributed by atoms with E-state index < -0.39 is 10.0 Å². The number of benzene rings is 2. The molecule has 0 saturated carbocycles. The normalized spacial score (nSPS) is 17.6. The molecule has 2 aromatic rings. The van der Waals surface area contributed by atoms with Gasteiger partial charge in [0.2, 0.25) is 10.0 Å². The number of fused-ring (bicyclic) bond motifs is 1. The summed E-state index contributed by atoms with van der Waals surface area (Å²) in [6.07, 6.45) is 2.57. The minimum absolute atomic E-state index is 0.0604. The number of thioether (sulfide) groups is 1. The monoisotopic (exact) mass is 432 g/mol. The van der Waals surface area contributed by atoms with Crippen LogP contribution in [-0.4, -0.2) is 51.1 Å². The first-order valence-corrected chi connectivity index (χ1v) is 12.2. The summed E-state index contributed by atoms with van der Waals surface area (Å²) in [4.78, 5) is 16.3. The van der Waals surface area contributed by atoms with Crippen LogP contribution in [0.3, 0.4) is 0 Å². The number of hydrogen-bond acceptors (Lipinski definition) is 5. The lowest BCUT2D eigenvalue weighted by Crippen LogP contribution is -2.32. The van der Waals surface area contributed by atoms with Crippen LogP contribution in [0.25, 0.3) is 0 Å². The van der Waals surface area contributed by atoms with Gasteiger partial charge in [-0.15, -0.1) is 11.8 Å². The smallest absolute Gasteiger partial charge is 0.258 e. The van der Waals surface area contributed by atoms with E-state index in [1.54, 1.807) is 28.8 Å². The predicted molar refractivity (Wildman–Crippen MR) is 114 cm³/mol. The average molecular weight is 433 g/mol. The number of para-hydroxylation sites is 1. The van der Waals surface area contributed by atoms with E-state index in [1.807, 2.05) is 24.3 Å². The van der Waals surface area contributed by atoms with Gasteiger partial charge in [0.15, 0.2) is 0 Å². The number of carbonyl (C=O) groups excluding carboxylic acids is 1. The van der Waals surface area contributed by atoms with Crippen LogP contribution in [0.2, 0.25) is 0 Å². The third kappa shape index (κ3) is 3.89. The molecule has 0 aliphatic carbocycles. The number of amides is 1. The third-order valence-electron chi connectivity index (χ3n) is 5.28. The Hall–Kier alpha value is -2.03. The number of anilines is 1. The van der Waals surface area contributed by atoms with E-state index in [2.05, 4.69) is 0 Å². The van der Waals surface area contributed by atoms with Gasteiger partial charge in [-0.25, -0.2) is 8.42 Å². The number of hydrogen-bond donors (Lipinski definition) is 0. The summed E-state index contributed by atoms with van der Waals surface area (Å²) in [5.74, 6) is 1.01. The molecule has 2 aliphatic rings. The number of sulfonamides is 1. The zero-order valence-electron chi connectivity index (χ0n) is 16.3. The molecule has 0 aromatic heterocycles. The van der Waals surface area contributed by atoms with Crippen molar-refractivity contribution in [3.8, 4) is 5.75 Å². The van der Waals surface area contributed by atoms with Gasteiger partial charge in [0.25, 0.3) is 5.91 Å². The van der Waals surface area contributed by atoms with Crippen molar-refractivity contribution < 1.29 is 17.9 Å². The van der Waals surface area contributed by atoms with Crippen molar-refractivity contribution in [1.82, 2.24) is 4.31 Å². The molecule has 1 saturated heterocycles. The lowest BCUT2D eigenvalue weighted by molar-refractivity contribution is 0.0986. The lowest BCUT2D eigenvalue weighted by atomic mass is 10.1. The number of rotatable bonds is 4. The number of nitrogens with zero attached hydrogens (tertiary/aromatic N) is 2. The number of ether oxygens (including phenoxy) is 1. The highest BCUT2D eigenvalue weighted by Crippen LogP contribution is 2.35. The van der Waals surface area contributed by atoms with Crippen LogP contribution in [0.1, 0.15) is 29.6 Å². The van der Waals surface area contributed by atoms with E-state index in [0.717, 1.165) is 35.6 Å². The second-order valence-electron chi connectivity index (χ2n) is 7.10. The third-order valence-corrected chi connectivity index (χ3v) is 8.35. The molecule has 0 unspecified atom stereocenters. The molecule has 0 spiro atoms. The quantitative estimate of drug-likeness (QED) is 0.738. The van der Waals surface area contributed by atoms with Gasteiger partial charge in [0.05, 0.1) is 12.8 Å². The second-order valence-corrected chi connectivity index (χ2v) is 10.1. The highest BCUT2D eigenvalue weighted by molar-refractivity contribution is 7.99. The maximum atomic E-state index is 13.4. The first kappa shape index (κ1) is 20.3. The molecule has 4 rings (SSSR count). The first-order valence-electron chi connectivity index (χ1n) is 9.74. The van der Waals surface area contributed by atoms with E-state index in [0.29, 0.717) is 25.2 Å². The predicted octanol–water partition coefficient (Wildman–Crippen LogP) is 3.62. The van der Waals surface area contributed by atoms with Crippen LogP contribution >= 0.6 is 11.8 Å². The van der Waals surface area contributed by atoms with Gasteiger partial charge in [-0.05, 0) is 55.3 Å². The molecular weight excluding hydrogens is 408 g/mol. The van der Waals surface area contributed by atoms with Crippen molar-refractivity contribution in [2.24, 2.45) is 0 Å². The minimum Gasteiger partial charge on any atom is -0.495 e. The largest absolute Gasteiger partial charge is 0.495 e. The number of carbonyl (C=O) groups is 1. The van der Waals surface area contributed by atoms with Crippen LogP contribution < -0.4 is 9.64 Å². The molecule has 29 heavy (non-hydrogen) atoms. The Kier molecular flexibility index (Phi) is 5.85. The van der Waals surface area contributed by atoms with Gasteiger partial charge in [-0.2, -0.15) is 4.31 Å². The fraction of sp³-hybridized carbons (Fsp3) is 0.381. The molecule has 1 fully saturated rings. The Morgan fingerprint density at radius 1 is 1.03 bits per heavy atom. The maximum Gasteiger partial charge on any atom is 0.258 e. The Morgan fingerprint density at radius 3 is 2.55 bits per heavy atom. The van der Waals surface area contributed by atoms with Crippen LogP contribution in [0.4, 0.5) is 5.69 Å². The first-order chi connectivity index (χ1) is 14.0. The molecule has 0 radical (unpaired) electrons.